The Kier molecular flexibility index (Phi) is 2.86. The molecule has 96 valence electrons. The second kappa shape index (κ2) is 4.54. The van der Waals surface area contributed by atoms with Crippen LogP contribution in [0.15, 0.2) is 42.5 Å². The molecule has 0 aromatic heterocycles. The number of nitrogens with zero attached hydrogens (tertiary/aromatic N) is 1. The van der Waals surface area contributed by atoms with Crippen molar-refractivity contribution >= 4 is 11.6 Å². The zero-order chi connectivity index (χ0) is 13.4. The maximum atomic E-state index is 12.2. The van der Waals surface area contributed by atoms with Crippen LogP contribution in [-0.2, 0) is 11.2 Å². The lowest BCUT2D eigenvalue weighted by atomic mass is 9.90. The van der Waals surface area contributed by atoms with Crippen LogP contribution in [0.4, 0.5) is 5.69 Å². The molecular formula is C17H17NO. The third kappa shape index (κ3) is 1.93. The second-order valence-corrected chi connectivity index (χ2v) is 5.08. The number of hydrogen-bond acceptors (Lipinski definition) is 1. The summed E-state index contributed by atoms with van der Waals surface area (Å²) in [6.45, 7) is 2.11. The SMILES string of the molecule is Cc1cccc2c1-c1ccccc1CCC(=O)N2C. The first-order chi connectivity index (χ1) is 9.18. The number of anilines is 1. The van der Waals surface area contributed by atoms with E-state index in [0.717, 1.165) is 12.1 Å². The van der Waals surface area contributed by atoms with Crippen LogP contribution in [0, 0.1) is 6.92 Å². The van der Waals surface area contributed by atoms with Crippen molar-refractivity contribution < 1.29 is 4.79 Å². The molecule has 2 aromatic rings. The fraction of sp³-hybridized carbons (Fsp3) is 0.235. The van der Waals surface area contributed by atoms with Crippen molar-refractivity contribution in [2.75, 3.05) is 11.9 Å². The van der Waals surface area contributed by atoms with E-state index in [4.69, 9.17) is 0 Å². The van der Waals surface area contributed by atoms with Gasteiger partial charge >= 0.3 is 0 Å². The van der Waals surface area contributed by atoms with Gasteiger partial charge in [-0.2, -0.15) is 0 Å². The standard InChI is InChI=1S/C17H17NO/c1-12-6-5-9-15-17(12)14-8-4-3-7-13(14)10-11-16(19)18(15)2/h3-9H,10-11H2,1-2H3. The third-order valence-electron chi connectivity index (χ3n) is 3.88. The lowest BCUT2D eigenvalue weighted by Gasteiger charge is -2.26. The van der Waals surface area contributed by atoms with E-state index in [2.05, 4.69) is 31.2 Å². The molecule has 0 spiro atoms. The van der Waals surface area contributed by atoms with Crippen molar-refractivity contribution in [3.63, 3.8) is 0 Å². The van der Waals surface area contributed by atoms with E-state index in [-0.39, 0.29) is 5.91 Å². The Bertz CT molecular complexity index is 645. The van der Waals surface area contributed by atoms with Crippen molar-refractivity contribution in [2.24, 2.45) is 0 Å². The molecule has 1 amide bonds. The first-order valence-corrected chi connectivity index (χ1v) is 6.63. The first kappa shape index (κ1) is 12.0. The molecule has 0 saturated heterocycles. The molecule has 2 heteroatoms. The summed E-state index contributed by atoms with van der Waals surface area (Å²) in [5.41, 5.74) is 5.94. The first-order valence-electron chi connectivity index (χ1n) is 6.63. The molecular weight excluding hydrogens is 234 g/mol. The predicted molar refractivity (Wildman–Crippen MR) is 78.3 cm³/mol. The number of benzene rings is 2. The van der Waals surface area contributed by atoms with Gasteiger partial charge in [0.05, 0.1) is 5.69 Å². The van der Waals surface area contributed by atoms with Gasteiger partial charge in [0.1, 0.15) is 0 Å². The lowest BCUT2D eigenvalue weighted by molar-refractivity contribution is -0.118. The summed E-state index contributed by atoms with van der Waals surface area (Å²) in [7, 11) is 1.87. The Balaban J connectivity index is 2.33. The van der Waals surface area contributed by atoms with Crippen molar-refractivity contribution in [3.05, 3.63) is 53.6 Å². The third-order valence-corrected chi connectivity index (χ3v) is 3.88. The molecule has 0 radical (unpaired) electrons. The van der Waals surface area contributed by atoms with Crippen LogP contribution in [0.1, 0.15) is 17.5 Å². The molecule has 0 saturated carbocycles. The van der Waals surface area contributed by atoms with E-state index in [9.17, 15) is 4.79 Å². The van der Waals surface area contributed by atoms with Crippen molar-refractivity contribution in [3.8, 4) is 11.1 Å². The van der Waals surface area contributed by atoms with E-state index in [1.54, 1.807) is 4.90 Å². The number of aryl methyl sites for hydroxylation is 2. The van der Waals surface area contributed by atoms with Gasteiger partial charge in [-0.15, -0.1) is 0 Å². The normalized spacial score (nSPS) is 14.4. The van der Waals surface area contributed by atoms with Crippen molar-refractivity contribution in [2.45, 2.75) is 19.8 Å². The highest BCUT2D eigenvalue weighted by molar-refractivity contribution is 5.99. The van der Waals surface area contributed by atoms with E-state index >= 15 is 0 Å². The van der Waals surface area contributed by atoms with E-state index < -0.39 is 0 Å². The van der Waals surface area contributed by atoms with Crippen LogP contribution < -0.4 is 4.90 Å². The molecule has 19 heavy (non-hydrogen) atoms. The number of hydrogen-bond donors (Lipinski definition) is 0. The zero-order valence-corrected chi connectivity index (χ0v) is 11.3. The predicted octanol–water partition coefficient (Wildman–Crippen LogP) is 3.57. The van der Waals surface area contributed by atoms with Gasteiger partial charge in [-0.3, -0.25) is 4.79 Å². The number of carbonyl (C=O) groups is 1. The molecule has 3 rings (SSSR count). The summed E-state index contributed by atoms with van der Waals surface area (Å²) in [5, 5.41) is 0. The highest BCUT2D eigenvalue weighted by Gasteiger charge is 2.21. The molecule has 0 atom stereocenters. The van der Waals surface area contributed by atoms with Crippen LogP contribution in [0.3, 0.4) is 0 Å². The molecule has 2 aromatic carbocycles. The minimum absolute atomic E-state index is 0.182. The molecule has 2 nitrogen and oxygen atoms in total. The van der Waals surface area contributed by atoms with Gasteiger partial charge < -0.3 is 4.90 Å². The zero-order valence-electron chi connectivity index (χ0n) is 11.3. The summed E-state index contributed by atoms with van der Waals surface area (Å²) in [6.07, 6.45) is 1.38. The smallest absolute Gasteiger partial charge is 0.227 e. The second-order valence-electron chi connectivity index (χ2n) is 5.08. The summed E-state index contributed by atoms with van der Waals surface area (Å²) in [4.78, 5) is 14.0. The molecule has 0 bridgehead atoms. The number of carbonyl (C=O) groups excluding carboxylic acids is 1. The molecule has 1 heterocycles. The minimum Gasteiger partial charge on any atom is -0.315 e. The number of amides is 1. The molecule has 0 N–H and O–H groups in total. The van der Waals surface area contributed by atoms with Gasteiger partial charge in [-0.25, -0.2) is 0 Å². The van der Waals surface area contributed by atoms with Gasteiger partial charge in [0.15, 0.2) is 0 Å². The number of fused-ring (bicyclic) bond motifs is 3. The van der Waals surface area contributed by atoms with Crippen molar-refractivity contribution in [1.29, 1.82) is 0 Å². The summed E-state index contributed by atoms with van der Waals surface area (Å²) >= 11 is 0. The molecule has 1 aliphatic heterocycles. The van der Waals surface area contributed by atoms with Crippen molar-refractivity contribution in [1.82, 2.24) is 0 Å². The fourth-order valence-corrected chi connectivity index (χ4v) is 2.81. The van der Waals surface area contributed by atoms with Gasteiger partial charge in [-0.05, 0) is 36.1 Å². The topological polar surface area (TPSA) is 20.3 Å². The Morgan fingerprint density at radius 3 is 2.63 bits per heavy atom. The summed E-state index contributed by atoms with van der Waals surface area (Å²) in [5.74, 6) is 0.182. The van der Waals surface area contributed by atoms with Crippen LogP contribution in [0.25, 0.3) is 11.1 Å². The maximum absolute atomic E-state index is 12.2. The maximum Gasteiger partial charge on any atom is 0.227 e. The van der Waals surface area contributed by atoms with Crippen LogP contribution in [0.2, 0.25) is 0 Å². The molecule has 0 aliphatic carbocycles. The average molecular weight is 251 g/mol. The van der Waals surface area contributed by atoms with Crippen LogP contribution in [0.5, 0.6) is 0 Å². The minimum atomic E-state index is 0.182. The largest absolute Gasteiger partial charge is 0.315 e. The van der Waals surface area contributed by atoms with Crippen LogP contribution in [-0.4, -0.2) is 13.0 Å². The Labute approximate surface area is 113 Å². The highest BCUT2D eigenvalue weighted by Crippen LogP contribution is 2.37. The van der Waals surface area contributed by atoms with Gasteiger partial charge in [0.25, 0.3) is 0 Å². The fourth-order valence-electron chi connectivity index (χ4n) is 2.81. The van der Waals surface area contributed by atoms with E-state index in [1.165, 1.54) is 22.3 Å². The number of rotatable bonds is 0. The average Bonchev–Trinajstić information content (AvgIpc) is 2.43. The molecule has 1 aliphatic rings. The Morgan fingerprint density at radius 2 is 1.79 bits per heavy atom. The lowest BCUT2D eigenvalue weighted by Crippen LogP contribution is -2.28. The summed E-state index contributed by atoms with van der Waals surface area (Å²) in [6, 6.07) is 14.6. The van der Waals surface area contributed by atoms with Crippen LogP contribution >= 0.6 is 0 Å². The highest BCUT2D eigenvalue weighted by atomic mass is 16.2. The van der Waals surface area contributed by atoms with Gasteiger partial charge in [-0.1, -0.05) is 36.4 Å². The molecule has 0 fully saturated rings. The van der Waals surface area contributed by atoms with Gasteiger partial charge in [0, 0.05) is 19.0 Å². The molecule has 0 unspecified atom stereocenters. The van der Waals surface area contributed by atoms with Gasteiger partial charge in [0.2, 0.25) is 5.91 Å². The van der Waals surface area contributed by atoms with E-state index in [1.807, 2.05) is 25.2 Å². The van der Waals surface area contributed by atoms with E-state index in [0.29, 0.717) is 6.42 Å². The monoisotopic (exact) mass is 251 g/mol. The Morgan fingerprint density at radius 1 is 1.00 bits per heavy atom. The summed E-state index contributed by atoms with van der Waals surface area (Å²) < 4.78 is 0. The Hall–Kier alpha value is -2.09. The quantitative estimate of drug-likeness (QED) is 0.701.